The molecule has 0 atom stereocenters. The molecule has 144 valence electrons. The Morgan fingerprint density at radius 1 is 0.964 bits per heavy atom. The van der Waals surface area contributed by atoms with Gasteiger partial charge in [-0.05, 0) is 73.4 Å². The number of nitrogens with zero attached hydrogens (tertiary/aromatic N) is 1. The van der Waals surface area contributed by atoms with E-state index in [1.807, 2.05) is 50.2 Å². The number of methoxy groups -OCH3 is 1. The van der Waals surface area contributed by atoms with Crippen LogP contribution < -0.4 is 15.4 Å². The Kier molecular flexibility index (Phi) is 6.27. The second-order valence-electron chi connectivity index (χ2n) is 6.71. The predicted molar refractivity (Wildman–Crippen MR) is 113 cm³/mol. The molecule has 5 heteroatoms. The average molecular weight is 375 g/mol. The predicted octanol–water partition coefficient (Wildman–Crippen LogP) is 4.61. The number of nitrogens with one attached hydrogen (secondary N) is 2. The Balaban J connectivity index is 1.58. The number of hydrogen-bond donors (Lipinski definition) is 2. The normalized spacial score (nSPS) is 10.4. The maximum Gasteiger partial charge on any atom is 0.274 e. The van der Waals surface area contributed by atoms with E-state index in [9.17, 15) is 4.79 Å². The molecule has 0 bridgehead atoms. The van der Waals surface area contributed by atoms with Gasteiger partial charge in [0.1, 0.15) is 11.4 Å². The summed E-state index contributed by atoms with van der Waals surface area (Å²) in [6, 6.07) is 17.5. The number of amides is 1. The lowest BCUT2D eigenvalue weighted by Crippen LogP contribution is -2.14. The van der Waals surface area contributed by atoms with Crippen molar-refractivity contribution in [1.29, 1.82) is 0 Å². The van der Waals surface area contributed by atoms with Gasteiger partial charge in [-0.3, -0.25) is 9.78 Å². The largest absolute Gasteiger partial charge is 0.497 e. The summed E-state index contributed by atoms with van der Waals surface area (Å²) in [5.41, 5.74) is 5.57. The van der Waals surface area contributed by atoms with Gasteiger partial charge < -0.3 is 15.4 Å². The fourth-order valence-electron chi connectivity index (χ4n) is 2.82. The van der Waals surface area contributed by atoms with Crippen molar-refractivity contribution >= 4 is 17.3 Å². The number of aromatic nitrogens is 1. The summed E-state index contributed by atoms with van der Waals surface area (Å²) in [5, 5.41) is 6.25. The van der Waals surface area contributed by atoms with Crippen molar-refractivity contribution < 1.29 is 9.53 Å². The minimum atomic E-state index is -0.220. The smallest absolute Gasteiger partial charge is 0.274 e. The first-order valence-electron chi connectivity index (χ1n) is 9.26. The highest BCUT2D eigenvalue weighted by Gasteiger charge is 2.09. The highest BCUT2D eigenvalue weighted by atomic mass is 16.5. The molecule has 5 nitrogen and oxygen atoms in total. The van der Waals surface area contributed by atoms with E-state index in [1.165, 1.54) is 11.1 Å². The second-order valence-corrected chi connectivity index (χ2v) is 6.71. The molecule has 2 N–H and O–H groups in total. The highest BCUT2D eigenvalue weighted by molar-refractivity contribution is 6.03. The quantitative estimate of drug-likeness (QED) is 0.633. The molecule has 0 aliphatic heterocycles. The third-order valence-electron chi connectivity index (χ3n) is 4.66. The van der Waals surface area contributed by atoms with Crippen LogP contribution in [0.5, 0.6) is 5.75 Å². The fraction of sp³-hybridized carbons (Fsp3) is 0.217. The van der Waals surface area contributed by atoms with Crippen LogP contribution in [0.2, 0.25) is 0 Å². The van der Waals surface area contributed by atoms with Crippen molar-refractivity contribution in [3.05, 3.63) is 83.2 Å². The molecule has 0 saturated carbocycles. The highest BCUT2D eigenvalue weighted by Crippen LogP contribution is 2.16. The van der Waals surface area contributed by atoms with Crippen molar-refractivity contribution in [2.75, 3.05) is 24.3 Å². The number of aryl methyl sites for hydroxylation is 2. The maximum atomic E-state index is 12.5. The zero-order chi connectivity index (χ0) is 19.9. The van der Waals surface area contributed by atoms with Crippen LogP contribution in [0, 0.1) is 13.8 Å². The van der Waals surface area contributed by atoms with Crippen LogP contribution >= 0.6 is 0 Å². The van der Waals surface area contributed by atoms with Crippen LogP contribution in [0.1, 0.15) is 27.2 Å². The van der Waals surface area contributed by atoms with Crippen LogP contribution in [-0.4, -0.2) is 24.5 Å². The van der Waals surface area contributed by atoms with Crippen LogP contribution in [-0.2, 0) is 6.42 Å². The fourth-order valence-corrected chi connectivity index (χ4v) is 2.82. The van der Waals surface area contributed by atoms with Gasteiger partial charge in [0.15, 0.2) is 0 Å². The molecule has 0 fully saturated rings. The molecule has 0 spiro atoms. The van der Waals surface area contributed by atoms with Gasteiger partial charge in [0.2, 0.25) is 0 Å². The van der Waals surface area contributed by atoms with E-state index in [0.29, 0.717) is 5.69 Å². The molecular weight excluding hydrogens is 350 g/mol. The molecule has 0 unspecified atom stereocenters. The first-order chi connectivity index (χ1) is 13.5. The molecule has 28 heavy (non-hydrogen) atoms. The molecule has 0 saturated heterocycles. The minimum absolute atomic E-state index is 0.220. The van der Waals surface area contributed by atoms with Crippen molar-refractivity contribution in [2.24, 2.45) is 0 Å². The molecule has 2 aromatic carbocycles. The maximum absolute atomic E-state index is 12.5. The van der Waals surface area contributed by atoms with E-state index in [2.05, 4.69) is 27.8 Å². The third-order valence-corrected chi connectivity index (χ3v) is 4.66. The summed E-state index contributed by atoms with van der Waals surface area (Å²) in [6.07, 6.45) is 2.52. The van der Waals surface area contributed by atoms with Gasteiger partial charge in [-0.1, -0.05) is 18.2 Å². The third kappa shape index (κ3) is 5.10. The number of rotatable bonds is 7. The number of hydrogen-bond acceptors (Lipinski definition) is 4. The van der Waals surface area contributed by atoms with E-state index in [0.717, 1.165) is 35.7 Å². The molecule has 0 aliphatic rings. The van der Waals surface area contributed by atoms with Gasteiger partial charge in [0, 0.05) is 24.1 Å². The van der Waals surface area contributed by atoms with E-state index >= 15 is 0 Å². The summed E-state index contributed by atoms with van der Waals surface area (Å²) < 4.78 is 5.17. The molecule has 1 aromatic heterocycles. The summed E-state index contributed by atoms with van der Waals surface area (Å²) in [4.78, 5) is 16.7. The lowest BCUT2D eigenvalue weighted by Gasteiger charge is -2.10. The number of pyridine rings is 1. The van der Waals surface area contributed by atoms with Crippen molar-refractivity contribution in [3.8, 4) is 5.75 Å². The second kappa shape index (κ2) is 9.04. The molecule has 3 rings (SSSR count). The summed E-state index contributed by atoms with van der Waals surface area (Å²) in [6.45, 7) is 4.83. The molecule has 0 radical (unpaired) electrons. The Morgan fingerprint density at radius 3 is 2.46 bits per heavy atom. The SMILES string of the molecule is COc1ccc(CCNc2ccnc(C(=O)Nc3ccc(C)c(C)c3)c2)cc1. The number of ether oxygens (including phenoxy) is 1. The average Bonchev–Trinajstić information content (AvgIpc) is 2.71. The van der Waals surface area contributed by atoms with Crippen LogP contribution in [0.3, 0.4) is 0 Å². The molecule has 1 amide bonds. The number of carbonyl (C=O) groups is 1. The standard InChI is InChI=1S/C23H25N3O2/c1-16-4-7-20(14-17(16)2)26-23(27)22-15-19(11-13-25-22)24-12-10-18-5-8-21(28-3)9-6-18/h4-9,11,13-15H,10,12H2,1-3H3,(H,24,25)(H,26,27). The Labute approximate surface area is 165 Å². The number of carbonyl (C=O) groups excluding carboxylic acids is 1. The Morgan fingerprint density at radius 2 is 1.75 bits per heavy atom. The first-order valence-corrected chi connectivity index (χ1v) is 9.26. The first kappa shape index (κ1) is 19.4. The lowest BCUT2D eigenvalue weighted by molar-refractivity contribution is 0.102. The van der Waals surface area contributed by atoms with Gasteiger partial charge in [-0.2, -0.15) is 0 Å². The summed E-state index contributed by atoms with van der Waals surface area (Å²) in [7, 11) is 1.66. The van der Waals surface area contributed by atoms with E-state index in [1.54, 1.807) is 19.4 Å². The van der Waals surface area contributed by atoms with Gasteiger partial charge in [-0.15, -0.1) is 0 Å². The van der Waals surface area contributed by atoms with Crippen molar-refractivity contribution in [1.82, 2.24) is 4.98 Å². The van der Waals surface area contributed by atoms with E-state index in [-0.39, 0.29) is 5.91 Å². The molecule has 1 heterocycles. The molecular formula is C23H25N3O2. The zero-order valence-corrected chi connectivity index (χ0v) is 16.5. The zero-order valence-electron chi connectivity index (χ0n) is 16.5. The van der Waals surface area contributed by atoms with Gasteiger partial charge in [-0.25, -0.2) is 0 Å². The van der Waals surface area contributed by atoms with Gasteiger partial charge in [0.05, 0.1) is 7.11 Å². The number of anilines is 2. The van der Waals surface area contributed by atoms with Crippen LogP contribution in [0.4, 0.5) is 11.4 Å². The minimum Gasteiger partial charge on any atom is -0.497 e. The van der Waals surface area contributed by atoms with E-state index < -0.39 is 0 Å². The topological polar surface area (TPSA) is 63.2 Å². The summed E-state index contributed by atoms with van der Waals surface area (Å²) >= 11 is 0. The molecule has 0 aliphatic carbocycles. The monoisotopic (exact) mass is 375 g/mol. The summed E-state index contributed by atoms with van der Waals surface area (Å²) in [5.74, 6) is 0.632. The Bertz CT molecular complexity index is 952. The number of benzene rings is 2. The van der Waals surface area contributed by atoms with Crippen molar-refractivity contribution in [3.63, 3.8) is 0 Å². The van der Waals surface area contributed by atoms with Crippen molar-refractivity contribution in [2.45, 2.75) is 20.3 Å². The molecule has 3 aromatic rings. The van der Waals surface area contributed by atoms with Gasteiger partial charge >= 0.3 is 0 Å². The van der Waals surface area contributed by atoms with Crippen LogP contribution in [0.25, 0.3) is 0 Å². The van der Waals surface area contributed by atoms with Gasteiger partial charge in [0.25, 0.3) is 5.91 Å². The van der Waals surface area contributed by atoms with Crippen LogP contribution in [0.15, 0.2) is 60.8 Å². The Hall–Kier alpha value is -3.34. The van der Waals surface area contributed by atoms with E-state index in [4.69, 9.17) is 4.74 Å². The lowest BCUT2D eigenvalue weighted by atomic mass is 10.1.